The zero-order chi connectivity index (χ0) is 20.1. The van der Waals surface area contributed by atoms with Crippen LogP contribution in [-0.4, -0.2) is 61.3 Å². The van der Waals surface area contributed by atoms with Gasteiger partial charge in [-0.2, -0.15) is 0 Å². The first kappa shape index (κ1) is 22.6. The fraction of sp³-hybridized carbons (Fsp3) is 1.00. The fourth-order valence-electron chi connectivity index (χ4n) is 5.80. The fourth-order valence-corrected chi connectivity index (χ4v) is 5.80. The van der Waals surface area contributed by atoms with Crippen molar-refractivity contribution in [3.63, 3.8) is 0 Å². The van der Waals surface area contributed by atoms with E-state index in [1.807, 2.05) is 0 Å². The average Bonchev–Trinajstić information content (AvgIpc) is 2.65. The third-order valence-electron chi connectivity index (χ3n) is 8.30. The lowest BCUT2D eigenvalue weighted by molar-refractivity contribution is 0.0164. The van der Waals surface area contributed by atoms with E-state index in [2.05, 4.69) is 44.4 Å². The molecule has 0 N–H and O–H groups in total. The first-order chi connectivity index (χ1) is 13.4. The quantitative estimate of drug-likeness (QED) is 0.530. The van der Waals surface area contributed by atoms with Gasteiger partial charge in [0.2, 0.25) is 0 Å². The summed E-state index contributed by atoms with van der Waals surface area (Å²) in [5, 5.41) is 0. The summed E-state index contributed by atoms with van der Waals surface area (Å²) in [6.07, 6.45) is 10.2. The molecule has 1 unspecified atom stereocenters. The normalized spacial score (nSPS) is 30.1. The molecule has 0 bridgehead atoms. The standard InChI is InChI=1S/C25H48N2O/c1-19(2)21(5)24-8-13-27(14-9-24)25-16-23(17-25)18-26-11-6-22(7-12-26)10-15-28-20(3)4/h19-25H,6-18H2,1-5H3. The largest absolute Gasteiger partial charge is 0.379 e. The molecule has 0 spiro atoms. The van der Waals surface area contributed by atoms with Gasteiger partial charge in [-0.15, -0.1) is 0 Å². The van der Waals surface area contributed by atoms with Crippen molar-refractivity contribution in [2.75, 3.05) is 39.3 Å². The highest BCUT2D eigenvalue weighted by atomic mass is 16.5. The molecule has 3 heteroatoms. The molecule has 1 aliphatic carbocycles. The maximum Gasteiger partial charge on any atom is 0.0518 e. The van der Waals surface area contributed by atoms with Crippen molar-refractivity contribution in [3.05, 3.63) is 0 Å². The predicted octanol–water partition coefficient (Wildman–Crippen LogP) is 5.30. The van der Waals surface area contributed by atoms with Gasteiger partial charge < -0.3 is 14.5 Å². The molecule has 3 aliphatic rings. The van der Waals surface area contributed by atoms with Gasteiger partial charge >= 0.3 is 0 Å². The Hall–Kier alpha value is -0.120. The Kier molecular flexibility index (Phi) is 8.68. The zero-order valence-corrected chi connectivity index (χ0v) is 19.5. The van der Waals surface area contributed by atoms with Crippen LogP contribution >= 0.6 is 0 Å². The number of nitrogens with zero attached hydrogens (tertiary/aromatic N) is 2. The molecule has 2 aliphatic heterocycles. The summed E-state index contributed by atoms with van der Waals surface area (Å²) in [7, 11) is 0. The molecule has 1 saturated carbocycles. The second-order valence-corrected chi connectivity index (χ2v) is 10.9. The smallest absolute Gasteiger partial charge is 0.0518 e. The van der Waals surface area contributed by atoms with E-state index in [1.165, 1.54) is 77.7 Å². The van der Waals surface area contributed by atoms with Crippen LogP contribution in [0.15, 0.2) is 0 Å². The van der Waals surface area contributed by atoms with Crippen molar-refractivity contribution in [1.29, 1.82) is 0 Å². The third-order valence-corrected chi connectivity index (χ3v) is 8.30. The Morgan fingerprint density at radius 3 is 2.04 bits per heavy atom. The predicted molar refractivity (Wildman–Crippen MR) is 120 cm³/mol. The lowest BCUT2D eigenvalue weighted by Gasteiger charge is -2.48. The number of ether oxygens (including phenoxy) is 1. The highest BCUT2D eigenvalue weighted by Crippen LogP contribution is 2.37. The summed E-state index contributed by atoms with van der Waals surface area (Å²) < 4.78 is 5.74. The maximum atomic E-state index is 5.74. The molecule has 0 radical (unpaired) electrons. The van der Waals surface area contributed by atoms with Crippen molar-refractivity contribution in [1.82, 2.24) is 9.80 Å². The number of rotatable bonds is 9. The SMILES string of the molecule is CC(C)OCCC1CCN(CC2CC(N3CCC(C(C)C(C)C)CC3)C2)CC1. The third kappa shape index (κ3) is 6.44. The van der Waals surface area contributed by atoms with Crippen LogP contribution in [0.3, 0.4) is 0 Å². The van der Waals surface area contributed by atoms with Crippen LogP contribution in [0.25, 0.3) is 0 Å². The number of hydrogen-bond donors (Lipinski definition) is 0. The summed E-state index contributed by atoms with van der Waals surface area (Å²) >= 11 is 0. The highest BCUT2D eigenvalue weighted by Gasteiger charge is 2.37. The molecule has 2 saturated heterocycles. The van der Waals surface area contributed by atoms with Gasteiger partial charge in [-0.3, -0.25) is 0 Å². The Morgan fingerprint density at radius 1 is 0.821 bits per heavy atom. The summed E-state index contributed by atoms with van der Waals surface area (Å²) in [6, 6.07) is 0.908. The molecule has 28 heavy (non-hydrogen) atoms. The van der Waals surface area contributed by atoms with Crippen LogP contribution < -0.4 is 0 Å². The summed E-state index contributed by atoms with van der Waals surface area (Å²) in [6.45, 7) is 19.3. The lowest BCUT2D eigenvalue weighted by atomic mass is 9.75. The van der Waals surface area contributed by atoms with E-state index < -0.39 is 0 Å². The van der Waals surface area contributed by atoms with Crippen molar-refractivity contribution < 1.29 is 4.74 Å². The van der Waals surface area contributed by atoms with Crippen LogP contribution in [0, 0.1) is 29.6 Å². The average molecular weight is 393 g/mol. The molecular formula is C25H48N2O. The van der Waals surface area contributed by atoms with E-state index in [1.54, 1.807) is 0 Å². The summed E-state index contributed by atoms with van der Waals surface area (Å²) in [5.41, 5.74) is 0. The van der Waals surface area contributed by atoms with Gasteiger partial charge in [0.1, 0.15) is 0 Å². The highest BCUT2D eigenvalue weighted by molar-refractivity contribution is 4.91. The van der Waals surface area contributed by atoms with Gasteiger partial charge in [-0.25, -0.2) is 0 Å². The molecule has 1 atom stereocenters. The molecule has 3 nitrogen and oxygen atoms in total. The molecular weight excluding hydrogens is 344 g/mol. The topological polar surface area (TPSA) is 15.7 Å². The molecule has 3 fully saturated rings. The second kappa shape index (κ2) is 10.8. The van der Waals surface area contributed by atoms with Crippen molar-refractivity contribution in [3.8, 4) is 0 Å². The number of likely N-dealkylation sites (tertiary alicyclic amines) is 2. The first-order valence-electron chi connectivity index (χ1n) is 12.5. The van der Waals surface area contributed by atoms with Gasteiger partial charge in [-0.1, -0.05) is 20.8 Å². The van der Waals surface area contributed by atoms with E-state index >= 15 is 0 Å². The monoisotopic (exact) mass is 392 g/mol. The number of piperidine rings is 2. The lowest BCUT2D eigenvalue weighted by Crippen LogP contribution is -2.51. The minimum Gasteiger partial charge on any atom is -0.379 e. The molecule has 2 heterocycles. The van der Waals surface area contributed by atoms with Crippen LogP contribution in [0.4, 0.5) is 0 Å². The van der Waals surface area contributed by atoms with Gasteiger partial charge in [-0.05, 0) is 115 Å². The van der Waals surface area contributed by atoms with E-state index in [0.717, 1.165) is 42.2 Å². The molecule has 0 amide bonds. The Labute approximate surface area is 175 Å². The van der Waals surface area contributed by atoms with E-state index in [0.29, 0.717) is 6.10 Å². The number of hydrogen-bond acceptors (Lipinski definition) is 3. The van der Waals surface area contributed by atoms with E-state index in [9.17, 15) is 0 Å². The van der Waals surface area contributed by atoms with Crippen molar-refractivity contribution in [2.24, 2.45) is 29.6 Å². The van der Waals surface area contributed by atoms with Crippen LogP contribution in [-0.2, 0) is 4.74 Å². The molecule has 0 aromatic heterocycles. The van der Waals surface area contributed by atoms with Gasteiger partial charge in [0.05, 0.1) is 6.10 Å². The van der Waals surface area contributed by atoms with E-state index in [4.69, 9.17) is 4.74 Å². The molecule has 0 aromatic rings. The van der Waals surface area contributed by atoms with Crippen molar-refractivity contribution in [2.45, 2.75) is 91.7 Å². The summed E-state index contributed by atoms with van der Waals surface area (Å²) in [5.74, 6) is 4.59. The zero-order valence-electron chi connectivity index (χ0n) is 19.5. The molecule has 3 rings (SSSR count). The molecule has 164 valence electrons. The minimum absolute atomic E-state index is 0.385. The van der Waals surface area contributed by atoms with Gasteiger partial charge in [0.15, 0.2) is 0 Å². The van der Waals surface area contributed by atoms with Crippen LogP contribution in [0.2, 0.25) is 0 Å². The summed E-state index contributed by atoms with van der Waals surface area (Å²) in [4.78, 5) is 5.60. The second-order valence-electron chi connectivity index (χ2n) is 10.9. The van der Waals surface area contributed by atoms with Crippen LogP contribution in [0.5, 0.6) is 0 Å². The van der Waals surface area contributed by atoms with Crippen LogP contribution in [0.1, 0.15) is 79.6 Å². The van der Waals surface area contributed by atoms with Gasteiger partial charge in [0, 0.05) is 19.2 Å². The Morgan fingerprint density at radius 2 is 1.46 bits per heavy atom. The van der Waals surface area contributed by atoms with Gasteiger partial charge in [0.25, 0.3) is 0 Å². The maximum absolute atomic E-state index is 5.74. The Bertz CT molecular complexity index is 430. The Balaban J connectivity index is 1.26. The van der Waals surface area contributed by atoms with Crippen molar-refractivity contribution >= 4 is 0 Å². The van der Waals surface area contributed by atoms with E-state index in [-0.39, 0.29) is 0 Å². The first-order valence-corrected chi connectivity index (χ1v) is 12.5. The minimum atomic E-state index is 0.385. The molecule has 0 aromatic carbocycles.